The van der Waals surface area contributed by atoms with Gasteiger partial charge >= 0.3 is 0 Å². The molecule has 0 unspecified atom stereocenters. The summed E-state index contributed by atoms with van der Waals surface area (Å²) in [7, 11) is 0. The third kappa shape index (κ3) is 3.47. The molecule has 1 saturated heterocycles. The first kappa shape index (κ1) is 15.8. The SMILES string of the molecule is CCC1(COCC2(C3CCCCC3)CCCCC2)COC1. The van der Waals surface area contributed by atoms with E-state index in [2.05, 4.69) is 6.92 Å². The molecule has 0 atom stereocenters. The molecule has 2 aliphatic carbocycles. The molecule has 0 aromatic heterocycles. The smallest absolute Gasteiger partial charge is 0.0566 e. The van der Waals surface area contributed by atoms with E-state index in [1.165, 1.54) is 70.6 Å². The molecule has 1 aliphatic heterocycles. The van der Waals surface area contributed by atoms with E-state index in [-0.39, 0.29) is 0 Å². The van der Waals surface area contributed by atoms with Crippen LogP contribution in [0, 0.1) is 16.7 Å². The molecule has 0 spiro atoms. The molecular weight excluding hydrogens is 260 g/mol. The second-order valence-corrected chi connectivity index (χ2v) is 8.10. The second-order valence-electron chi connectivity index (χ2n) is 8.10. The number of ether oxygens (including phenoxy) is 2. The minimum atomic E-state index is 0.350. The fraction of sp³-hybridized carbons (Fsp3) is 1.00. The molecule has 0 aromatic rings. The summed E-state index contributed by atoms with van der Waals surface area (Å²) in [5.41, 5.74) is 0.876. The average Bonchev–Trinajstić information content (AvgIpc) is 2.52. The van der Waals surface area contributed by atoms with Gasteiger partial charge in [-0.3, -0.25) is 0 Å². The third-order valence-electron chi connectivity index (χ3n) is 6.68. The van der Waals surface area contributed by atoms with Gasteiger partial charge in [-0.15, -0.1) is 0 Å². The first-order valence-corrected chi connectivity index (χ1v) is 9.44. The third-order valence-corrected chi connectivity index (χ3v) is 6.68. The molecule has 3 fully saturated rings. The summed E-state index contributed by atoms with van der Waals surface area (Å²) in [4.78, 5) is 0. The Morgan fingerprint density at radius 3 is 2.14 bits per heavy atom. The molecule has 0 amide bonds. The Hall–Kier alpha value is -0.0800. The van der Waals surface area contributed by atoms with Crippen molar-refractivity contribution in [2.24, 2.45) is 16.7 Å². The predicted molar refractivity (Wildman–Crippen MR) is 86.5 cm³/mol. The Labute approximate surface area is 131 Å². The van der Waals surface area contributed by atoms with Crippen LogP contribution in [0.1, 0.15) is 77.6 Å². The summed E-state index contributed by atoms with van der Waals surface area (Å²) in [6.45, 7) is 6.07. The maximum Gasteiger partial charge on any atom is 0.0566 e. The van der Waals surface area contributed by atoms with Gasteiger partial charge in [0, 0.05) is 5.41 Å². The fourth-order valence-corrected chi connectivity index (χ4v) is 4.89. The van der Waals surface area contributed by atoms with Crippen molar-refractivity contribution in [2.45, 2.75) is 77.6 Å². The van der Waals surface area contributed by atoms with Gasteiger partial charge in [0.05, 0.1) is 26.4 Å². The molecule has 0 radical (unpaired) electrons. The average molecular weight is 294 g/mol. The quantitative estimate of drug-likeness (QED) is 0.689. The van der Waals surface area contributed by atoms with Crippen molar-refractivity contribution in [1.82, 2.24) is 0 Å². The van der Waals surface area contributed by atoms with Crippen LogP contribution < -0.4 is 0 Å². The summed E-state index contributed by atoms with van der Waals surface area (Å²) in [6.07, 6.45) is 15.7. The monoisotopic (exact) mass is 294 g/mol. The zero-order valence-electron chi connectivity index (χ0n) is 14.0. The van der Waals surface area contributed by atoms with E-state index >= 15 is 0 Å². The van der Waals surface area contributed by atoms with Gasteiger partial charge in [0.1, 0.15) is 0 Å². The Kier molecular flexibility index (Phi) is 5.27. The van der Waals surface area contributed by atoms with E-state index in [1.807, 2.05) is 0 Å². The molecule has 122 valence electrons. The van der Waals surface area contributed by atoms with E-state index in [1.54, 1.807) is 0 Å². The van der Waals surface area contributed by atoms with Crippen LogP contribution in [-0.4, -0.2) is 26.4 Å². The van der Waals surface area contributed by atoms with Gasteiger partial charge < -0.3 is 9.47 Å². The Morgan fingerprint density at radius 1 is 0.905 bits per heavy atom. The van der Waals surface area contributed by atoms with Crippen molar-refractivity contribution in [2.75, 3.05) is 26.4 Å². The maximum absolute atomic E-state index is 6.35. The lowest BCUT2D eigenvalue weighted by molar-refractivity contribution is -0.162. The zero-order valence-corrected chi connectivity index (χ0v) is 14.0. The Bertz CT molecular complexity index is 304. The molecule has 21 heavy (non-hydrogen) atoms. The lowest BCUT2D eigenvalue weighted by atomic mass is 9.62. The largest absolute Gasteiger partial charge is 0.380 e. The van der Waals surface area contributed by atoms with Crippen LogP contribution in [0.4, 0.5) is 0 Å². The summed E-state index contributed by atoms with van der Waals surface area (Å²) in [5, 5.41) is 0. The van der Waals surface area contributed by atoms with Gasteiger partial charge in [-0.1, -0.05) is 45.4 Å². The number of hydrogen-bond donors (Lipinski definition) is 0. The van der Waals surface area contributed by atoms with Gasteiger partial charge in [-0.2, -0.15) is 0 Å². The van der Waals surface area contributed by atoms with E-state index < -0.39 is 0 Å². The molecule has 0 aromatic carbocycles. The van der Waals surface area contributed by atoms with Crippen molar-refractivity contribution in [3.8, 4) is 0 Å². The molecule has 2 saturated carbocycles. The number of rotatable bonds is 6. The first-order chi connectivity index (χ1) is 10.3. The molecule has 3 aliphatic rings. The van der Waals surface area contributed by atoms with E-state index in [4.69, 9.17) is 9.47 Å². The molecular formula is C19H34O2. The highest BCUT2D eigenvalue weighted by molar-refractivity contribution is 4.91. The van der Waals surface area contributed by atoms with Crippen LogP contribution >= 0.6 is 0 Å². The van der Waals surface area contributed by atoms with Gasteiger partial charge in [0.25, 0.3) is 0 Å². The van der Waals surface area contributed by atoms with Gasteiger partial charge in [0.2, 0.25) is 0 Å². The summed E-state index contributed by atoms with van der Waals surface area (Å²) >= 11 is 0. The summed E-state index contributed by atoms with van der Waals surface area (Å²) < 4.78 is 11.8. The standard InChI is InChI=1S/C19H34O2/c1-2-18(13-20-14-18)15-21-16-19(11-7-4-8-12-19)17-9-5-3-6-10-17/h17H,2-16H2,1H3. The highest BCUT2D eigenvalue weighted by Crippen LogP contribution is 2.48. The topological polar surface area (TPSA) is 18.5 Å². The van der Waals surface area contributed by atoms with Crippen molar-refractivity contribution in [1.29, 1.82) is 0 Å². The van der Waals surface area contributed by atoms with Crippen LogP contribution in [0.15, 0.2) is 0 Å². The summed E-state index contributed by atoms with van der Waals surface area (Å²) in [5.74, 6) is 0.946. The fourth-order valence-electron chi connectivity index (χ4n) is 4.89. The van der Waals surface area contributed by atoms with Crippen LogP contribution in [0.3, 0.4) is 0 Å². The molecule has 0 N–H and O–H groups in total. The lowest BCUT2D eigenvalue weighted by Gasteiger charge is -2.47. The van der Waals surface area contributed by atoms with Crippen molar-refractivity contribution in [3.05, 3.63) is 0 Å². The maximum atomic E-state index is 6.35. The van der Waals surface area contributed by atoms with Crippen LogP contribution in [0.5, 0.6) is 0 Å². The minimum Gasteiger partial charge on any atom is -0.380 e. The molecule has 1 heterocycles. The molecule has 2 nitrogen and oxygen atoms in total. The second kappa shape index (κ2) is 7.00. The summed E-state index contributed by atoms with van der Waals surface area (Å²) in [6, 6.07) is 0. The van der Waals surface area contributed by atoms with Gasteiger partial charge in [-0.25, -0.2) is 0 Å². The van der Waals surface area contributed by atoms with Crippen molar-refractivity contribution in [3.63, 3.8) is 0 Å². The molecule has 2 heteroatoms. The van der Waals surface area contributed by atoms with Crippen molar-refractivity contribution < 1.29 is 9.47 Å². The van der Waals surface area contributed by atoms with Crippen molar-refractivity contribution >= 4 is 0 Å². The Morgan fingerprint density at radius 2 is 1.57 bits per heavy atom. The zero-order chi connectivity index (χ0) is 14.6. The van der Waals surface area contributed by atoms with E-state index in [0.717, 1.165) is 32.3 Å². The van der Waals surface area contributed by atoms with E-state index in [0.29, 0.717) is 10.8 Å². The van der Waals surface area contributed by atoms with E-state index in [9.17, 15) is 0 Å². The number of hydrogen-bond acceptors (Lipinski definition) is 2. The lowest BCUT2D eigenvalue weighted by Crippen LogP contribution is -2.47. The molecule has 3 rings (SSSR count). The first-order valence-electron chi connectivity index (χ1n) is 9.44. The Balaban J connectivity index is 1.56. The molecule has 0 bridgehead atoms. The highest BCUT2D eigenvalue weighted by Gasteiger charge is 2.42. The predicted octanol–water partition coefficient (Wildman–Crippen LogP) is 4.96. The minimum absolute atomic E-state index is 0.350. The van der Waals surface area contributed by atoms with Crippen LogP contribution in [0.25, 0.3) is 0 Å². The van der Waals surface area contributed by atoms with Crippen LogP contribution in [-0.2, 0) is 9.47 Å². The van der Waals surface area contributed by atoms with Crippen LogP contribution in [0.2, 0.25) is 0 Å². The van der Waals surface area contributed by atoms with Gasteiger partial charge in [-0.05, 0) is 43.4 Å². The highest BCUT2D eigenvalue weighted by atomic mass is 16.5. The normalized spacial score (nSPS) is 29.0. The van der Waals surface area contributed by atoms with Gasteiger partial charge in [0.15, 0.2) is 0 Å².